The Bertz CT molecular complexity index is 119. The van der Waals surface area contributed by atoms with Gasteiger partial charge in [-0.25, -0.2) is 8.78 Å². The van der Waals surface area contributed by atoms with Crippen molar-refractivity contribution in [3.63, 3.8) is 0 Å². The van der Waals surface area contributed by atoms with E-state index in [0.717, 1.165) is 0 Å². The van der Waals surface area contributed by atoms with Gasteiger partial charge in [0.1, 0.15) is 0 Å². The number of rotatable bonds is 1. The molecular weight excluding hydrogens is 206 g/mol. The maximum absolute atomic E-state index is 11.4. The zero-order chi connectivity index (χ0) is 8.58. The summed E-state index contributed by atoms with van der Waals surface area (Å²) in [5, 5.41) is 7.39. The first-order valence-corrected chi connectivity index (χ1v) is 1.95. The third-order valence-electron chi connectivity index (χ3n) is 0.687. The van der Waals surface area contributed by atoms with Gasteiger partial charge in [-0.1, -0.05) is 0 Å². The first kappa shape index (κ1) is 14.3. The Morgan fingerprint density at radius 3 is 1.27 bits per heavy atom. The summed E-state index contributed by atoms with van der Waals surface area (Å²) in [7, 11) is 0. The van der Waals surface area contributed by atoms with Crippen LogP contribution in [0.25, 0.3) is 0 Å². The Kier molecular flexibility index (Phi) is 5.41. The van der Waals surface area contributed by atoms with Gasteiger partial charge in [0.2, 0.25) is 0 Å². The van der Waals surface area contributed by atoms with Crippen LogP contribution in [0.2, 0.25) is 0 Å². The van der Waals surface area contributed by atoms with Crippen LogP contribution in [0.4, 0.5) is 26.3 Å². The van der Waals surface area contributed by atoms with Gasteiger partial charge in [0, 0.05) is 37.7 Å². The predicted octanol–water partition coefficient (Wildman–Crippen LogP) is 1.09. The fourth-order valence-corrected chi connectivity index (χ4v) is 0.124. The molecule has 11 heavy (non-hydrogen) atoms. The Labute approximate surface area is 87.4 Å². The molecular formula is C3H2CaF6O. The van der Waals surface area contributed by atoms with E-state index in [1.807, 2.05) is 0 Å². The molecule has 1 nitrogen and oxygen atoms in total. The quantitative estimate of drug-likeness (QED) is 0.505. The second-order valence-corrected chi connectivity index (χ2v) is 1.47. The number of hydrogen-bond acceptors (Lipinski definition) is 1. The minimum atomic E-state index is -5.94. The van der Waals surface area contributed by atoms with Crippen LogP contribution >= 0.6 is 0 Å². The van der Waals surface area contributed by atoms with E-state index in [0.29, 0.717) is 0 Å². The predicted molar refractivity (Wildman–Crippen MR) is 23.9 cm³/mol. The maximum Gasteiger partial charge on any atom is 0.454 e. The van der Waals surface area contributed by atoms with E-state index in [2.05, 4.69) is 0 Å². The van der Waals surface area contributed by atoms with Crippen LogP contribution < -0.4 is 0 Å². The molecule has 0 aliphatic carbocycles. The maximum atomic E-state index is 11.4. The van der Waals surface area contributed by atoms with Crippen LogP contribution in [-0.4, -0.2) is 61.3 Å². The molecule has 0 aliphatic rings. The molecule has 1 N–H and O–H groups in total. The number of aliphatic hydroxyl groups is 1. The molecule has 1 unspecified atom stereocenters. The molecule has 2 radical (unpaired) electrons. The van der Waals surface area contributed by atoms with Crippen molar-refractivity contribution in [2.75, 3.05) is 0 Å². The van der Waals surface area contributed by atoms with E-state index in [1.165, 1.54) is 0 Å². The normalized spacial score (nSPS) is 17.5. The van der Waals surface area contributed by atoms with Crippen LogP contribution in [0.5, 0.6) is 0 Å². The molecule has 0 aromatic rings. The molecule has 0 amide bonds. The molecule has 0 aromatic heterocycles. The summed E-state index contributed by atoms with van der Waals surface area (Å²) in [6.07, 6.45) is -10.4. The van der Waals surface area contributed by atoms with E-state index in [4.69, 9.17) is 5.11 Å². The Morgan fingerprint density at radius 2 is 1.27 bits per heavy atom. The van der Waals surface area contributed by atoms with Crippen molar-refractivity contribution in [3.8, 4) is 0 Å². The van der Waals surface area contributed by atoms with Crippen molar-refractivity contribution < 1.29 is 31.4 Å². The van der Waals surface area contributed by atoms with Gasteiger partial charge in [0.15, 0.2) is 0 Å². The van der Waals surface area contributed by atoms with Crippen molar-refractivity contribution in [1.82, 2.24) is 0 Å². The molecule has 0 aromatic carbocycles. The van der Waals surface area contributed by atoms with E-state index in [9.17, 15) is 26.3 Å². The van der Waals surface area contributed by atoms with E-state index >= 15 is 0 Å². The molecule has 0 spiro atoms. The fourth-order valence-electron chi connectivity index (χ4n) is 0.124. The smallest absolute Gasteiger partial charge is 0.350 e. The first-order valence-electron chi connectivity index (χ1n) is 1.95. The average molecular weight is 208 g/mol. The minimum absolute atomic E-state index is 0. The SMILES string of the molecule is OC(F)(C(F)F)C(F)(F)F.[Ca]. The van der Waals surface area contributed by atoms with Gasteiger partial charge in [0.25, 0.3) is 0 Å². The van der Waals surface area contributed by atoms with Gasteiger partial charge >= 0.3 is 18.5 Å². The molecule has 0 saturated heterocycles. The Hall–Kier alpha value is 0.800. The second-order valence-electron chi connectivity index (χ2n) is 1.47. The standard InChI is InChI=1S/C3H2F6O.Ca/c4-1(5)2(6,10)3(7,8)9;/h1,10H;. The zero-order valence-corrected chi connectivity index (χ0v) is 7.21. The van der Waals surface area contributed by atoms with Gasteiger partial charge in [0.05, 0.1) is 0 Å². The summed E-state index contributed by atoms with van der Waals surface area (Å²) in [5.41, 5.74) is 0. The first-order chi connectivity index (χ1) is 4.19. The molecule has 0 heterocycles. The van der Waals surface area contributed by atoms with Crippen molar-refractivity contribution >= 4 is 37.7 Å². The third kappa shape index (κ3) is 3.35. The minimum Gasteiger partial charge on any atom is -0.350 e. The van der Waals surface area contributed by atoms with Gasteiger partial charge in [-0.15, -0.1) is 0 Å². The van der Waals surface area contributed by atoms with Crippen molar-refractivity contribution in [1.29, 1.82) is 0 Å². The molecule has 1 atom stereocenters. The van der Waals surface area contributed by atoms with E-state index < -0.39 is 18.5 Å². The fraction of sp³-hybridized carbons (Fsp3) is 1.00. The second kappa shape index (κ2) is 4.15. The average Bonchev–Trinajstić information content (AvgIpc) is 1.62. The summed E-state index contributed by atoms with van der Waals surface area (Å²) in [5.74, 6) is -5.40. The van der Waals surface area contributed by atoms with Crippen LogP contribution in [0, 0.1) is 0 Å². The van der Waals surface area contributed by atoms with Crippen LogP contribution in [0.3, 0.4) is 0 Å². The van der Waals surface area contributed by atoms with Gasteiger partial charge < -0.3 is 5.11 Å². The molecule has 0 bridgehead atoms. The monoisotopic (exact) mass is 208 g/mol. The van der Waals surface area contributed by atoms with Crippen LogP contribution in [0.15, 0.2) is 0 Å². The molecule has 0 saturated carbocycles. The summed E-state index contributed by atoms with van der Waals surface area (Å²) < 4.78 is 66.3. The van der Waals surface area contributed by atoms with Crippen LogP contribution in [0.1, 0.15) is 0 Å². The van der Waals surface area contributed by atoms with Crippen molar-refractivity contribution in [2.45, 2.75) is 18.5 Å². The largest absolute Gasteiger partial charge is 0.454 e. The van der Waals surface area contributed by atoms with Crippen molar-refractivity contribution in [2.24, 2.45) is 0 Å². The van der Waals surface area contributed by atoms with Gasteiger partial charge in [-0.3, -0.25) is 0 Å². The number of hydrogen-bond donors (Lipinski definition) is 1. The number of halogens is 6. The van der Waals surface area contributed by atoms with E-state index in [-0.39, 0.29) is 37.7 Å². The summed E-state index contributed by atoms with van der Waals surface area (Å²) in [6, 6.07) is 0. The summed E-state index contributed by atoms with van der Waals surface area (Å²) in [6.45, 7) is 0. The topological polar surface area (TPSA) is 20.2 Å². The van der Waals surface area contributed by atoms with Crippen molar-refractivity contribution in [3.05, 3.63) is 0 Å². The molecule has 8 heteroatoms. The third-order valence-corrected chi connectivity index (χ3v) is 0.687. The van der Waals surface area contributed by atoms with Gasteiger partial charge in [-0.2, -0.15) is 17.6 Å². The van der Waals surface area contributed by atoms with Gasteiger partial charge in [-0.05, 0) is 0 Å². The summed E-state index contributed by atoms with van der Waals surface area (Å²) in [4.78, 5) is 0. The number of alkyl halides is 6. The molecule has 0 rings (SSSR count). The molecule has 0 aliphatic heterocycles. The summed E-state index contributed by atoms with van der Waals surface area (Å²) >= 11 is 0. The zero-order valence-electron chi connectivity index (χ0n) is 5.00. The molecule has 64 valence electrons. The van der Waals surface area contributed by atoms with E-state index in [1.54, 1.807) is 0 Å². The Morgan fingerprint density at radius 1 is 1.00 bits per heavy atom. The Balaban J connectivity index is 0. The molecule has 0 fully saturated rings. The van der Waals surface area contributed by atoms with Crippen LogP contribution in [-0.2, 0) is 0 Å².